The summed E-state index contributed by atoms with van der Waals surface area (Å²) in [6.07, 6.45) is 0. The molecule has 0 saturated carbocycles. The minimum absolute atomic E-state index is 0.0929. The molecule has 9 aromatic rings. The van der Waals surface area contributed by atoms with Gasteiger partial charge in [-0.25, -0.2) is 0 Å². The first-order valence-corrected chi connectivity index (χ1v) is 17.0. The van der Waals surface area contributed by atoms with Gasteiger partial charge in [-0.05, 0) is 110 Å². The molecule has 2 nitrogen and oxygen atoms in total. The second-order valence-corrected chi connectivity index (χ2v) is 13.8. The molecule has 0 bridgehead atoms. The van der Waals surface area contributed by atoms with Gasteiger partial charge in [0.25, 0.3) is 0 Å². The lowest BCUT2D eigenvalue weighted by Gasteiger charge is -2.29. The number of furan rings is 1. The molecular weight excluding hydrogens is 595 g/mol. The maximum absolute atomic E-state index is 6.22. The van der Waals surface area contributed by atoms with Crippen LogP contribution in [0.5, 0.6) is 0 Å². The van der Waals surface area contributed by atoms with Crippen LogP contribution >= 0.6 is 0 Å². The van der Waals surface area contributed by atoms with Crippen LogP contribution < -0.4 is 4.90 Å². The topological polar surface area (TPSA) is 16.4 Å². The first-order chi connectivity index (χ1) is 24.0. The summed E-state index contributed by atoms with van der Waals surface area (Å²) in [7, 11) is 0. The highest BCUT2D eigenvalue weighted by molar-refractivity contribution is 6.16. The lowest BCUT2D eigenvalue weighted by atomic mass is 9.82. The third kappa shape index (κ3) is 4.27. The van der Waals surface area contributed by atoms with Crippen LogP contribution in [0.1, 0.15) is 25.0 Å². The van der Waals surface area contributed by atoms with Crippen molar-refractivity contribution in [1.29, 1.82) is 0 Å². The van der Waals surface area contributed by atoms with Gasteiger partial charge in [0.05, 0.1) is 0 Å². The van der Waals surface area contributed by atoms with Crippen molar-refractivity contribution >= 4 is 60.5 Å². The minimum atomic E-state index is -0.0929. The molecule has 0 saturated heterocycles. The maximum atomic E-state index is 6.22. The predicted octanol–water partition coefficient (Wildman–Crippen LogP) is 13.3. The molecule has 49 heavy (non-hydrogen) atoms. The molecule has 1 aromatic heterocycles. The van der Waals surface area contributed by atoms with Crippen molar-refractivity contribution in [2.75, 3.05) is 4.90 Å². The number of para-hydroxylation sites is 1. The van der Waals surface area contributed by atoms with Crippen LogP contribution in [-0.2, 0) is 5.41 Å². The van der Waals surface area contributed by atoms with Gasteiger partial charge in [-0.15, -0.1) is 0 Å². The van der Waals surface area contributed by atoms with Crippen LogP contribution in [0.15, 0.2) is 168 Å². The Bertz CT molecular complexity index is 2750. The molecule has 1 aliphatic carbocycles. The lowest BCUT2D eigenvalue weighted by Crippen LogP contribution is -2.16. The van der Waals surface area contributed by atoms with Crippen LogP contribution in [0.3, 0.4) is 0 Å². The van der Waals surface area contributed by atoms with Gasteiger partial charge < -0.3 is 9.32 Å². The number of hydrogen-bond donors (Lipinski definition) is 0. The van der Waals surface area contributed by atoms with Crippen molar-refractivity contribution < 1.29 is 4.42 Å². The summed E-state index contributed by atoms with van der Waals surface area (Å²) in [5, 5.41) is 7.16. The number of nitrogens with zero attached hydrogens (tertiary/aromatic N) is 1. The number of anilines is 3. The van der Waals surface area contributed by atoms with E-state index >= 15 is 0 Å². The highest BCUT2D eigenvalue weighted by Gasteiger charge is 2.35. The Morgan fingerprint density at radius 2 is 1.10 bits per heavy atom. The van der Waals surface area contributed by atoms with E-state index in [1.807, 2.05) is 12.1 Å². The minimum Gasteiger partial charge on any atom is -0.456 e. The molecule has 0 atom stereocenters. The van der Waals surface area contributed by atoms with E-state index in [9.17, 15) is 0 Å². The number of rotatable bonds is 4. The molecule has 8 aromatic carbocycles. The van der Waals surface area contributed by atoms with Crippen molar-refractivity contribution in [3.8, 4) is 22.3 Å². The van der Waals surface area contributed by atoms with Crippen molar-refractivity contribution in [2.24, 2.45) is 0 Å². The van der Waals surface area contributed by atoms with Gasteiger partial charge >= 0.3 is 0 Å². The zero-order chi connectivity index (χ0) is 32.7. The molecule has 1 aliphatic rings. The van der Waals surface area contributed by atoms with Gasteiger partial charge in [0.15, 0.2) is 0 Å². The van der Waals surface area contributed by atoms with Gasteiger partial charge in [-0.1, -0.05) is 123 Å². The molecule has 10 rings (SSSR count). The zero-order valence-electron chi connectivity index (χ0n) is 27.4. The Morgan fingerprint density at radius 3 is 2.00 bits per heavy atom. The fourth-order valence-corrected chi connectivity index (χ4v) is 8.14. The van der Waals surface area contributed by atoms with E-state index in [4.69, 9.17) is 4.42 Å². The van der Waals surface area contributed by atoms with Crippen LogP contribution in [-0.4, -0.2) is 0 Å². The first-order valence-electron chi connectivity index (χ1n) is 17.0. The van der Waals surface area contributed by atoms with E-state index in [1.165, 1.54) is 54.9 Å². The largest absolute Gasteiger partial charge is 0.456 e. The fourth-order valence-electron chi connectivity index (χ4n) is 8.14. The maximum Gasteiger partial charge on any atom is 0.136 e. The van der Waals surface area contributed by atoms with Crippen LogP contribution in [0.25, 0.3) is 65.7 Å². The molecule has 2 heteroatoms. The van der Waals surface area contributed by atoms with Crippen molar-refractivity contribution in [3.63, 3.8) is 0 Å². The van der Waals surface area contributed by atoms with Crippen molar-refractivity contribution in [2.45, 2.75) is 19.3 Å². The molecule has 0 amide bonds. The number of fused-ring (bicyclic) bond motifs is 9. The predicted molar refractivity (Wildman–Crippen MR) is 206 cm³/mol. The van der Waals surface area contributed by atoms with Gasteiger partial charge in [-0.3, -0.25) is 0 Å². The second-order valence-electron chi connectivity index (χ2n) is 13.8. The SMILES string of the molecule is CC1(C)c2ccccc2-c2ccc(N(c3cccc(-c4ccccc4)c3)c3ccc4c(ccc5cc6oc7ccccc7c6cc54)c3)cc21. The normalized spacial score (nSPS) is 13.3. The van der Waals surface area contributed by atoms with Gasteiger partial charge in [0, 0.05) is 33.2 Å². The Morgan fingerprint density at radius 1 is 0.408 bits per heavy atom. The van der Waals surface area contributed by atoms with Crippen molar-refractivity contribution in [3.05, 3.63) is 175 Å². The molecule has 232 valence electrons. The van der Waals surface area contributed by atoms with Gasteiger partial charge in [0.2, 0.25) is 0 Å². The quantitative estimate of drug-likeness (QED) is 0.181. The van der Waals surface area contributed by atoms with Crippen LogP contribution in [0.2, 0.25) is 0 Å². The van der Waals surface area contributed by atoms with Crippen LogP contribution in [0, 0.1) is 0 Å². The summed E-state index contributed by atoms with van der Waals surface area (Å²) >= 11 is 0. The summed E-state index contributed by atoms with van der Waals surface area (Å²) < 4.78 is 6.22. The second kappa shape index (κ2) is 10.4. The summed E-state index contributed by atoms with van der Waals surface area (Å²) in [5.41, 5.74) is 13.0. The molecule has 0 aliphatic heterocycles. The third-order valence-corrected chi connectivity index (χ3v) is 10.6. The summed E-state index contributed by atoms with van der Waals surface area (Å²) in [5.74, 6) is 0. The molecule has 0 spiro atoms. The van der Waals surface area contributed by atoms with E-state index in [0.717, 1.165) is 39.0 Å². The average molecular weight is 628 g/mol. The lowest BCUT2D eigenvalue weighted by molar-refractivity contribution is 0.660. The monoisotopic (exact) mass is 627 g/mol. The van der Waals surface area contributed by atoms with E-state index in [1.54, 1.807) is 0 Å². The summed E-state index contributed by atoms with van der Waals surface area (Å²) in [6.45, 7) is 4.70. The van der Waals surface area contributed by atoms with E-state index in [2.05, 4.69) is 170 Å². The van der Waals surface area contributed by atoms with E-state index < -0.39 is 0 Å². The van der Waals surface area contributed by atoms with E-state index in [0.29, 0.717) is 0 Å². The Kier molecular flexibility index (Phi) is 5.95. The molecule has 0 radical (unpaired) electrons. The van der Waals surface area contributed by atoms with Crippen LogP contribution in [0.4, 0.5) is 17.1 Å². The first kappa shape index (κ1) is 27.9. The van der Waals surface area contributed by atoms with Gasteiger partial charge in [-0.2, -0.15) is 0 Å². The Balaban J connectivity index is 1.17. The van der Waals surface area contributed by atoms with Gasteiger partial charge in [0.1, 0.15) is 11.2 Å². The van der Waals surface area contributed by atoms with Crippen molar-refractivity contribution in [1.82, 2.24) is 0 Å². The highest BCUT2D eigenvalue weighted by atomic mass is 16.3. The standard InChI is InChI=1S/C47H33NO/c1-47(2)43-17-8-6-15-38(43)39-24-22-36(28-44(39)47)48(34-14-10-13-31(25-34)30-11-4-3-5-12-30)35-21-23-37-32(26-35)19-20-33-27-46-42(29-41(33)37)40-16-7-9-18-45(40)49-46/h3-29H,1-2H3. The highest BCUT2D eigenvalue weighted by Crippen LogP contribution is 2.51. The zero-order valence-corrected chi connectivity index (χ0v) is 27.4. The summed E-state index contributed by atoms with van der Waals surface area (Å²) in [4.78, 5) is 2.42. The molecule has 0 fully saturated rings. The smallest absolute Gasteiger partial charge is 0.136 e. The molecule has 1 heterocycles. The number of benzene rings is 8. The molecular formula is C47H33NO. The number of hydrogen-bond acceptors (Lipinski definition) is 2. The molecule has 0 N–H and O–H groups in total. The fraction of sp³-hybridized carbons (Fsp3) is 0.0638. The Hall–Kier alpha value is -6.12. The summed E-state index contributed by atoms with van der Waals surface area (Å²) in [6, 6.07) is 59.6. The Labute approximate surface area is 285 Å². The molecule has 0 unspecified atom stereocenters. The third-order valence-electron chi connectivity index (χ3n) is 10.6. The van der Waals surface area contributed by atoms with E-state index in [-0.39, 0.29) is 5.41 Å². The average Bonchev–Trinajstić information content (AvgIpc) is 3.62.